The first-order chi connectivity index (χ1) is 7.52. The fraction of sp³-hybridized carbons (Fsp3) is 0.600. The maximum Gasteiger partial charge on any atom is 0.217 e. The summed E-state index contributed by atoms with van der Waals surface area (Å²) in [5, 5.41) is 7.55. The van der Waals surface area contributed by atoms with Crippen LogP contribution in [-0.2, 0) is 18.4 Å². The second kappa shape index (κ2) is 6.00. The first kappa shape index (κ1) is 13.2. The number of nitrogens with two attached hydrogens (primary N) is 1. The third-order valence-electron chi connectivity index (χ3n) is 2.33. The van der Waals surface area contributed by atoms with E-state index in [4.69, 9.17) is 5.73 Å². The average Bonchev–Trinajstić information content (AvgIpc) is 2.43. The van der Waals surface area contributed by atoms with E-state index in [1.165, 1.54) is 0 Å². The minimum Gasteiger partial charge on any atom is -0.370 e. The third-order valence-corrected chi connectivity index (χ3v) is 3.36. The fourth-order valence-electron chi connectivity index (χ4n) is 1.47. The van der Waals surface area contributed by atoms with Gasteiger partial charge in [-0.05, 0) is 35.8 Å². The average molecular weight is 289 g/mol. The van der Waals surface area contributed by atoms with Crippen molar-refractivity contribution in [3.05, 3.63) is 15.9 Å². The summed E-state index contributed by atoms with van der Waals surface area (Å²) in [6.07, 6.45) is 1.20. The molecule has 0 spiro atoms. The number of aromatic nitrogens is 2. The summed E-state index contributed by atoms with van der Waals surface area (Å²) in [7, 11) is 1.91. The van der Waals surface area contributed by atoms with Gasteiger partial charge in [0.15, 0.2) is 0 Å². The highest BCUT2D eigenvalue weighted by Gasteiger charge is 2.09. The molecule has 5 nitrogen and oxygen atoms in total. The van der Waals surface area contributed by atoms with Gasteiger partial charge in [0, 0.05) is 20.0 Å². The summed E-state index contributed by atoms with van der Waals surface area (Å²) in [5.41, 5.74) is 7.14. The minimum absolute atomic E-state index is 0.251. The van der Waals surface area contributed by atoms with Crippen molar-refractivity contribution in [2.45, 2.75) is 26.3 Å². The Morgan fingerprint density at radius 2 is 2.31 bits per heavy atom. The Labute approximate surface area is 104 Å². The first-order valence-corrected chi connectivity index (χ1v) is 5.98. The van der Waals surface area contributed by atoms with Gasteiger partial charge in [-0.2, -0.15) is 5.10 Å². The Morgan fingerprint density at radius 3 is 2.81 bits per heavy atom. The van der Waals surface area contributed by atoms with Crippen molar-refractivity contribution in [1.29, 1.82) is 0 Å². The molecule has 6 heteroatoms. The molecule has 1 rings (SSSR count). The molecule has 0 aliphatic heterocycles. The summed E-state index contributed by atoms with van der Waals surface area (Å²) in [6.45, 7) is 3.47. The van der Waals surface area contributed by atoms with Crippen LogP contribution in [0.5, 0.6) is 0 Å². The number of hydrogen-bond donors (Lipinski definition) is 2. The van der Waals surface area contributed by atoms with E-state index in [1.54, 1.807) is 0 Å². The van der Waals surface area contributed by atoms with Gasteiger partial charge in [-0.25, -0.2) is 0 Å². The number of aryl methyl sites for hydroxylation is 2. The van der Waals surface area contributed by atoms with Crippen LogP contribution < -0.4 is 11.1 Å². The van der Waals surface area contributed by atoms with E-state index in [0.29, 0.717) is 6.42 Å². The predicted octanol–water partition coefficient (Wildman–Crippen LogP) is 0.846. The topological polar surface area (TPSA) is 72.9 Å². The van der Waals surface area contributed by atoms with Gasteiger partial charge in [-0.15, -0.1) is 0 Å². The Morgan fingerprint density at radius 1 is 1.62 bits per heavy atom. The van der Waals surface area contributed by atoms with Gasteiger partial charge in [0.25, 0.3) is 0 Å². The van der Waals surface area contributed by atoms with E-state index in [-0.39, 0.29) is 5.91 Å². The zero-order valence-corrected chi connectivity index (χ0v) is 11.2. The van der Waals surface area contributed by atoms with Crippen molar-refractivity contribution in [1.82, 2.24) is 15.1 Å². The molecule has 1 aromatic rings. The number of carbonyl (C=O) groups is 1. The molecule has 0 atom stereocenters. The zero-order chi connectivity index (χ0) is 12.1. The van der Waals surface area contributed by atoms with Crippen molar-refractivity contribution in [3.8, 4) is 0 Å². The van der Waals surface area contributed by atoms with E-state index in [9.17, 15) is 4.79 Å². The molecule has 90 valence electrons. The number of amides is 1. The number of nitrogens with one attached hydrogen (secondary N) is 1. The normalized spacial score (nSPS) is 10.7. The number of nitrogens with zero attached hydrogens (tertiary/aromatic N) is 2. The first-order valence-electron chi connectivity index (χ1n) is 5.19. The van der Waals surface area contributed by atoms with Crippen molar-refractivity contribution in [3.63, 3.8) is 0 Å². The molecule has 0 fully saturated rings. The highest BCUT2D eigenvalue weighted by Crippen LogP contribution is 2.19. The maximum absolute atomic E-state index is 10.5. The third kappa shape index (κ3) is 3.61. The van der Waals surface area contributed by atoms with E-state index >= 15 is 0 Å². The minimum atomic E-state index is -0.251. The Kier molecular flexibility index (Phi) is 4.95. The van der Waals surface area contributed by atoms with Gasteiger partial charge in [-0.1, -0.05) is 0 Å². The highest BCUT2D eigenvalue weighted by atomic mass is 79.9. The molecular formula is C10H17BrN4O. The number of carbonyl (C=O) groups excluding carboxylic acids is 1. The smallest absolute Gasteiger partial charge is 0.217 e. The van der Waals surface area contributed by atoms with Crippen LogP contribution in [0.1, 0.15) is 24.2 Å². The van der Waals surface area contributed by atoms with Crippen LogP contribution in [0.4, 0.5) is 0 Å². The molecule has 0 aliphatic carbocycles. The predicted molar refractivity (Wildman–Crippen MR) is 65.8 cm³/mol. The van der Waals surface area contributed by atoms with E-state index in [2.05, 4.69) is 26.3 Å². The van der Waals surface area contributed by atoms with E-state index < -0.39 is 0 Å². The summed E-state index contributed by atoms with van der Waals surface area (Å²) in [5.74, 6) is -0.251. The molecule has 1 aromatic heterocycles. The molecule has 1 heterocycles. The highest BCUT2D eigenvalue weighted by molar-refractivity contribution is 9.10. The van der Waals surface area contributed by atoms with E-state index in [1.807, 2.05) is 18.7 Å². The number of hydrogen-bond acceptors (Lipinski definition) is 3. The van der Waals surface area contributed by atoms with Gasteiger partial charge >= 0.3 is 0 Å². The van der Waals surface area contributed by atoms with Crippen LogP contribution in [0.25, 0.3) is 0 Å². The molecule has 1 amide bonds. The molecule has 0 unspecified atom stereocenters. The van der Waals surface area contributed by atoms with Crippen LogP contribution in [0.3, 0.4) is 0 Å². The number of rotatable bonds is 6. The molecule has 0 bridgehead atoms. The summed E-state index contributed by atoms with van der Waals surface area (Å²) < 4.78 is 2.89. The van der Waals surface area contributed by atoms with Crippen molar-refractivity contribution in [2.75, 3.05) is 6.54 Å². The van der Waals surface area contributed by atoms with Gasteiger partial charge in [0.2, 0.25) is 5.91 Å². The van der Waals surface area contributed by atoms with Crippen LogP contribution in [-0.4, -0.2) is 22.2 Å². The standard InChI is InChI=1S/C10H17BrN4O/c1-7-10(11)8(15(2)14-7)6-13-5-3-4-9(12)16/h13H,3-6H2,1-2H3,(H2,12,16). The Balaban J connectivity index is 2.34. The van der Waals surface area contributed by atoms with Crippen molar-refractivity contribution >= 4 is 21.8 Å². The van der Waals surface area contributed by atoms with Crippen LogP contribution >= 0.6 is 15.9 Å². The summed E-state index contributed by atoms with van der Waals surface area (Å²) in [4.78, 5) is 10.5. The number of halogens is 1. The SMILES string of the molecule is Cc1nn(C)c(CNCCCC(N)=O)c1Br. The molecular weight excluding hydrogens is 272 g/mol. The van der Waals surface area contributed by atoms with E-state index in [0.717, 1.165) is 35.4 Å². The monoisotopic (exact) mass is 288 g/mol. The van der Waals surface area contributed by atoms with Crippen LogP contribution in [0.15, 0.2) is 4.47 Å². The molecule has 0 saturated heterocycles. The maximum atomic E-state index is 10.5. The van der Waals surface area contributed by atoms with Gasteiger partial charge in [-0.3, -0.25) is 9.48 Å². The lowest BCUT2D eigenvalue weighted by Crippen LogP contribution is -2.19. The van der Waals surface area contributed by atoms with Crippen LogP contribution in [0.2, 0.25) is 0 Å². The van der Waals surface area contributed by atoms with Gasteiger partial charge < -0.3 is 11.1 Å². The molecule has 0 aliphatic rings. The largest absolute Gasteiger partial charge is 0.370 e. The van der Waals surface area contributed by atoms with Crippen LogP contribution in [0, 0.1) is 6.92 Å². The molecule has 0 radical (unpaired) electrons. The lowest BCUT2D eigenvalue weighted by atomic mass is 10.3. The van der Waals surface area contributed by atoms with Gasteiger partial charge in [0.05, 0.1) is 15.9 Å². The second-order valence-electron chi connectivity index (χ2n) is 3.72. The van der Waals surface area contributed by atoms with Crippen molar-refractivity contribution < 1.29 is 4.79 Å². The van der Waals surface area contributed by atoms with Gasteiger partial charge in [0.1, 0.15) is 0 Å². The molecule has 0 saturated carbocycles. The summed E-state index contributed by atoms with van der Waals surface area (Å²) in [6, 6.07) is 0. The fourth-order valence-corrected chi connectivity index (χ4v) is 1.94. The lowest BCUT2D eigenvalue weighted by molar-refractivity contribution is -0.118. The Bertz CT molecular complexity index is 375. The van der Waals surface area contributed by atoms with Crippen molar-refractivity contribution in [2.24, 2.45) is 12.8 Å². The molecule has 0 aromatic carbocycles. The number of primary amides is 1. The quantitative estimate of drug-likeness (QED) is 0.762. The lowest BCUT2D eigenvalue weighted by Gasteiger charge is -2.05. The zero-order valence-electron chi connectivity index (χ0n) is 9.59. The summed E-state index contributed by atoms with van der Waals surface area (Å²) >= 11 is 3.50. The Hall–Kier alpha value is -0.880. The molecule has 16 heavy (non-hydrogen) atoms. The second-order valence-corrected chi connectivity index (χ2v) is 4.51. The molecule has 3 N–H and O–H groups in total.